The van der Waals surface area contributed by atoms with E-state index in [4.69, 9.17) is 16.0 Å². The van der Waals surface area contributed by atoms with E-state index in [-0.39, 0.29) is 25.1 Å². The zero-order chi connectivity index (χ0) is 19.2. The molecular weight excluding hydrogens is 360 g/mol. The Labute approximate surface area is 155 Å². The summed E-state index contributed by atoms with van der Waals surface area (Å²) >= 11 is 5.85. The van der Waals surface area contributed by atoms with Crippen molar-refractivity contribution in [3.63, 3.8) is 0 Å². The van der Waals surface area contributed by atoms with Crippen molar-refractivity contribution in [1.29, 1.82) is 0 Å². The van der Waals surface area contributed by atoms with Crippen molar-refractivity contribution in [2.24, 2.45) is 0 Å². The van der Waals surface area contributed by atoms with Crippen molar-refractivity contribution in [3.8, 4) is 0 Å². The van der Waals surface area contributed by atoms with Gasteiger partial charge >= 0.3 is 5.97 Å². The summed E-state index contributed by atoms with van der Waals surface area (Å²) in [4.78, 5) is 35.9. The monoisotopic (exact) mass is 378 g/mol. The Morgan fingerprint density at radius 3 is 2.42 bits per heavy atom. The smallest absolute Gasteiger partial charge is 0.334 e. The molecule has 1 aromatic heterocycles. The van der Waals surface area contributed by atoms with Crippen molar-refractivity contribution in [1.82, 2.24) is 10.6 Å². The zero-order valence-corrected chi connectivity index (χ0v) is 14.9. The highest BCUT2D eigenvalue weighted by Gasteiger charge is 2.40. The van der Waals surface area contributed by atoms with Crippen LogP contribution in [-0.4, -0.2) is 29.4 Å². The number of hydrogen-bond donors (Lipinski definition) is 3. The second-order valence-electron chi connectivity index (χ2n) is 5.60. The van der Waals surface area contributed by atoms with Crippen molar-refractivity contribution < 1.29 is 23.9 Å². The number of aliphatic carboxylic acids is 1. The maximum absolute atomic E-state index is 12.3. The number of halogens is 1. The summed E-state index contributed by atoms with van der Waals surface area (Å²) < 4.78 is 4.95. The van der Waals surface area contributed by atoms with Gasteiger partial charge in [-0.3, -0.25) is 9.59 Å². The minimum Gasteiger partial charge on any atom is -0.479 e. The lowest BCUT2D eigenvalue weighted by Crippen LogP contribution is -2.52. The zero-order valence-electron chi connectivity index (χ0n) is 14.1. The lowest BCUT2D eigenvalue weighted by Gasteiger charge is -2.30. The van der Waals surface area contributed by atoms with E-state index in [2.05, 4.69) is 10.6 Å². The molecule has 1 aromatic carbocycles. The molecule has 26 heavy (non-hydrogen) atoms. The summed E-state index contributed by atoms with van der Waals surface area (Å²) in [6.07, 6.45) is 1.44. The Morgan fingerprint density at radius 1 is 1.19 bits per heavy atom. The summed E-state index contributed by atoms with van der Waals surface area (Å²) in [7, 11) is 0. The van der Waals surface area contributed by atoms with Crippen molar-refractivity contribution in [3.05, 3.63) is 59.0 Å². The molecule has 1 unspecified atom stereocenters. The van der Waals surface area contributed by atoms with E-state index in [1.165, 1.54) is 12.3 Å². The maximum atomic E-state index is 12.3. The summed E-state index contributed by atoms with van der Waals surface area (Å²) in [5, 5.41) is 15.3. The molecule has 0 aliphatic carbocycles. The molecule has 8 heteroatoms. The fourth-order valence-corrected chi connectivity index (χ4v) is 2.64. The van der Waals surface area contributed by atoms with Gasteiger partial charge in [0.15, 0.2) is 11.3 Å². The Morgan fingerprint density at radius 2 is 1.88 bits per heavy atom. The first-order chi connectivity index (χ1) is 12.4. The number of hydrogen-bond acceptors (Lipinski definition) is 4. The first-order valence-corrected chi connectivity index (χ1v) is 8.39. The molecule has 0 saturated heterocycles. The van der Waals surface area contributed by atoms with E-state index < -0.39 is 23.3 Å². The number of carbonyl (C=O) groups is 3. The number of benzene rings is 1. The molecule has 3 N–H and O–H groups in total. The predicted molar refractivity (Wildman–Crippen MR) is 94.9 cm³/mol. The van der Waals surface area contributed by atoms with Gasteiger partial charge in [0.05, 0.1) is 6.26 Å². The fraction of sp³-hybridized carbons (Fsp3) is 0.278. The topological polar surface area (TPSA) is 109 Å². The summed E-state index contributed by atoms with van der Waals surface area (Å²) in [6.45, 7) is 1.72. The molecule has 0 radical (unpaired) electrons. The maximum Gasteiger partial charge on any atom is 0.334 e. The van der Waals surface area contributed by atoms with Gasteiger partial charge in [-0.2, -0.15) is 0 Å². The summed E-state index contributed by atoms with van der Waals surface area (Å²) in [5.41, 5.74) is -1.14. The van der Waals surface area contributed by atoms with Crippen LogP contribution in [0.2, 0.25) is 5.02 Å². The standard InChI is InChI=1S/C18H19ClN2O5/c1-2-18(17(24)25,12-5-7-13(19)8-6-12)21-15(22)9-10-20-16(23)14-4-3-11-26-14/h3-8,11H,2,9-10H2,1H3,(H,20,23)(H,21,22)(H,24,25). The molecule has 2 amide bonds. The highest BCUT2D eigenvalue weighted by Crippen LogP contribution is 2.27. The normalized spacial score (nSPS) is 12.8. The average Bonchev–Trinajstić information content (AvgIpc) is 3.15. The molecule has 2 rings (SSSR count). The molecule has 1 atom stereocenters. The molecule has 0 bridgehead atoms. The number of nitrogens with one attached hydrogen (secondary N) is 2. The minimum atomic E-state index is -1.56. The molecule has 0 aliphatic heterocycles. The lowest BCUT2D eigenvalue weighted by atomic mass is 9.87. The van der Waals surface area contributed by atoms with Gasteiger partial charge in [0.25, 0.3) is 5.91 Å². The molecule has 0 fully saturated rings. The Kier molecular flexibility index (Phi) is 6.41. The molecule has 138 valence electrons. The predicted octanol–water partition coefficient (Wildman–Crippen LogP) is 2.56. The number of furan rings is 1. The molecular formula is C18H19ClN2O5. The van der Waals surface area contributed by atoms with Crippen LogP contribution in [0, 0.1) is 0 Å². The molecule has 0 saturated carbocycles. The van der Waals surface area contributed by atoms with Crippen LogP contribution in [0.1, 0.15) is 35.9 Å². The third kappa shape index (κ3) is 4.43. The lowest BCUT2D eigenvalue weighted by molar-refractivity contribution is -0.148. The van der Waals surface area contributed by atoms with Crippen molar-refractivity contribution in [2.45, 2.75) is 25.3 Å². The summed E-state index contributed by atoms with van der Waals surface area (Å²) in [6, 6.07) is 9.36. The number of carboxylic acid groups (broad SMARTS) is 1. The van der Waals surface area contributed by atoms with Crippen LogP contribution in [0.25, 0.3) is 0 Å². The van der Waals surface area contributed by atoms with Gasteiger partial charge in [-0.15, -0.1) is 0 Å². The summed E-state index contributed by atoms with van der Waals surface area (Å²) in [5.74, 6) is -1.97. The third-order valence-electron chi connectivity index (χ3n) is 3.97. The van der Waals surface area contributed by atoms with E-state index in [0.717, 1.165) is 0 Å². The minimum absolute atomic E-state index is 0.0470. The first kappa shape index (κ1) is 19.5. The van der Waals surface area contributed by atoms with Crippen LogP contribution in [-0.2, 0) is 15.1 Å². The highest BCUT2D eigenvalue weighted by atomic mass is 35.5. The Hall–Kier alpha value is -2.80. The van der Waals surface area contributed by atoms with Crippen LogP contribution in [0.3, 0.4) is 0 Å². The third-order valence-corrected chi connectivity index (χ3v) is 4.22. The first-order valence-electron chi connectivity index (χ1n) is 8.01. The van der Waals surface area contributed by atoms with E-state index in [9.17, 15) is 19.5 Å². The van der Waals surface area contributed by atoms with Gasteiger partial charge in [-0.1, -0.05) is 30.7 Å². The number of carbonyl (C=O) groups excluding carboxylic acids is 2. The van der Waals surface area contributed by atoms with E-state index in [1.807, 2.05) is 0 Å². The number of amides is 2. The van der Waals surface area contributed by atoms with Gasteiger partial charge in [0.2, 0.25) is 5.91 Å². The second-order valence-corrected chi connectivity index (χ2v) is 6.04. The van der Waals surface area contributed by atoms with Crippen molar-refractivity contribution >= 4 is 29.4 Å². The molecule has 1 heterocycles. The quantitative estimate of drug-likeness (QED) is 0.654. The van der Waals surface area contributed by atoms with Gasteiger partial charge in [-0.05, 0) is 36.2 Å². The van der Waals surface area contributed by atoms with E-state index >= 15 is 0 Å². The number of carboxylic acids is 1. The van der Waals surface area contributed by atoms with Gasteiger partial charge < -0.3 is 20.2 Å². The van der Waals surface area contributed by atoms with Gasteiger partial charge in [0, 0.05) is 18.0 Å². The number of rotatable bonds is 8. The molecule has 0 aliphatic rings. The largest absolute Gasteiger partial charge is 0.479 e. The molecule has 0 spiro atoms. The Balaban J connectivity index is 2.01. The van der Waals surface area contributed by atoms with Crippen LogP contribution in [0.5, 0.6) is 0 Å². The highest BCUT2D eigenvalue weighted by molar-refractivity contribution is 6.30. The van der Waals surface area contributed by atoms with Gasteiger partial charge in [-0.25, -0.2) is 4.79 Å². The fourth-order valence-electron chi connectivity index (χ4n) is 2.51. The average molecular weight is 379 g/mol. The second kappa shape index (κ2) is 8.53. The van der Waals surface area contributed by atoms with E-state index in [1.54, 1.807) is 37.3 Å². The van der Waals surface area contributed by atoms with Crippen LogP contribution in [0.15, 0.2) is 47.1 Å². The molecule has 7 nitrogen and oxygen atoms in total. The van der Waals surface area contributed by atoms with E-state index in [0.29, 0.717) is 10.6 Å². The Bertz CT molecular complexity index is 773. The SMILES string of the molecule is CCC(NC(=O)CCNC(=O)c1ccco1)(C(=O)O)c1ccc(Cl)cc1. The van der Waals surface area contributed by atoms with Gasteiger partial charge in [0.1, 0.15) is 0 Å². The molecule has 2 aromatic rings. The van der Waals surface area contributed by atoms with Crippen molar-refractivity contribution in [2.75, 3.05) is 6.54 Å². The van der Waals surface area contributed by atoms with Crippen LogP contribution in [0.4, 0.5) is 0 Å². The van der Waals surface area contributed by atoms with Crippen LogP contribution < -0.4 is 10.6 Å². The van der Waals surface area contributed by atoms with Crippen LogP contribution >= 0.6 is 11.6 Å².